The molecule has 0 aromatic heterocycles. The molecule has 1 aromatic rings. The van der Waals surface area contributed by atoms with Gasteiger partial charge in [0.25, 0.3) is 0 Å². The molecule has 0 bridgehead atoms. The van der Waals surface area contributed by atoms with Gasteiger partial charge < -0.3 is 10.6 Å². The minimum Gasteiger partial charge on any atom is -0.356 e. The summed E-state index contributed by atoms with van der Waals surface area (Å²) in [5.41, 5.74) is 3.10. The van der Waals surface area contributed by atoms with Crippen LogP contribution < -0.4 is 10.6 Å². The summed E-state index contributed by atoms with van der Waals surface area (Å²) in [6.07, 6.45) is 7.07. The van der Waals surface area contributed by atoms with E-state index in [-0.39, 0.29) is 11.3 Å². The first-order chi connectivity index (χ1) is 10.8. The highest BCUT2D eigenvalue weighted by Crippen LogP contribution is 2.61. The number of carbonyl (C=O) groups is 1. The lowest BCUT2D eigenvalue weighted by Gasteiger charge is -2.22. The SMILES string of the molecule is O=C(NCCC1CCCNC1)C1CC12CCc1ccccc12. The maximum Gasteiger partial charge on any atom is 0.224 e. The lowest BCUT2D eigenvalue weighted by molar-refractivity contribution is -0.122. The number of hydrogen-bond donors (Lipinski definition) is 2. The molecule has 3 heteroatoms. The van der Waals surface area contributed by atoms with Crippen LogP contribution >= 0.6 is 0 Å². The molecule has 0 radical (unpaired) electrons. The van der Waals surface area contributed by atoms with Crippen molar-refractivity contribution < 1.29 is 4.79 Å². The third kappa shape index (κ3) is 2.45. The Morgan fingerprint density at radius 2 is 2.27 bits per heavy atom. The van der Waals surface area contributed by atoms with Gasteiger partial charge in [-0.15, -0.1) is 0 Å². The zero-order valence-corrected chi connectivity index (χ0v) is 13.2. The summed E-state index contributed by atoms with van der Waals surface area (Å²) in [7, 11) is 0. The molecular weight excluding hydrogens is 272 g/mol. The Labute approximate surface area is 132 Å². The first-order valence-electron chi connectivity index (χ1n) is 8.86. The van der Waals surface area contributed by atoms with Crippen LogP contribution in [0.4, 0.5) is 0 Å². The van der Waals surface area contributed by atoms with E-state index in [1.54, 1.807) is 0 Å². The Bertz CT molecular complexity index is 564. The lowest BCUT2D eigenvalue weighted by Crippen LogP contribution is -2.34. The Balaban J connectivity index is 1.30. The first-order valence-corrected chi connectivity index (χ1v) is 8.86. The minimum absolute atomic E-state index is 0.188. The van der Waals surface area contributed by atoms with Crippen molar-refractivity contribution in [2.24, 2.45) is 11.8 Å². The zero-order valence-electron chi connectivity index (χ0n) is 13.2. The highest BCUT2D eigenvalue weighted by Gasteiger charge is 2.61. The van der Waals surface area contributed by atoms with Gasteiger partial charge >= 0.3 is 0 Å². The highest BCUT2D eigenvalue weighted by molar-refractivity contribution is 5.85. The fourth-order valence-electron chi connectivity index (χ4n) is 4.63. The van der Waals surface area contributed by atoms with E-state index in [1.165, 1.54) is 24.0 Å². The minimum atomic E-state index is 0.188. The summed E-state index contributed by atoms with van der Waals surface area (Å²) < 4.78 is 0. The second-order valence-corrected chi connectivity index (χ2v) is 7.36. The van der Waals surface area contributed by atoms with E-state index >= 15 is 0 Å². The molecule has 2 N–H and O–H groups in total. The van der Waals surface area contributed by atoms with Crippen LogP contribution in [0, 0.1) is 11.8 Å². The molecule has 3 aliphatic rings. The number of amides is 1. The first kappa shape index (κ1) is 14.3. The normalized spacial score (nSPS) is 32.7. The number of benzene rings is 1. The molecule has 1 heterocycles. The van der Waals surface area contributed by atoms with Crippen LogP contribution in [0.5, 0.6) is 0 Å². The molecule has 1 aromatic carbocycles. The van der Waals surface area contributed by atoms with E-state index < -0.39 is 0 Å². The van der Waals surface area contributed by atoms with E-state index in [4.69, 9.17) is 0 Å². The Kier molecular flexibility index (Phi) is 3.69. The monoisotopic (exact) mass is 298 g/mol. The highest BCUT2D eigenvalue weighted by atomic mass is 16.2. The molecule has 118 valence electrons. The van der Waals surface area contributed by atoms with Gasteiger partial charge in [0.2, 0.25) is 5.91 Å². The fraction of sp³-hybridized carbons (Fsp3) is 0.632. The zero-order chi connectivity index (χ0) is 15.0. The summed E-state index contributed by atoms with van der Waals surface area (Å²) in [6, 6.07) is 8.71. The maximum absolute atomic E-state index is 12.5. The largest absolute Gasteiger partial charge is 0.356 e. The smallest absolute Gasteiger partial charge is 0.224 e. The third-order valence-corrected chi connectivity index (χ3v) is 6.04. The van der Waals surface area contributed by atoms with Gasteiger partial charge in [-0.3, -0.25) is 4.79 Å². The van der Waals surface area contributed by atoms with E-state index in [0.717, 1.165) is 51.2 Å². The van der Waals surface area contributed by atoms with Crippen molar-refractivity contribution in [3.05, 3.63) is 35.4 Å². The van der Waals surface area contributed by atoms with E-state index in [0.29, 0.717) is 5.91 Å². The molecule has 2 aliphatic carbocycles. The molecule has 1 saturated carbocycles. The summed E-state index contributed by atoms with van der Waals surface area (Å²) in [5.74, 6) is 1.26. The van der Waals surface area contributed by atoms with Crippen LogP contribution in [0.15, 0.2) is 24.3 Å². The number of carbonyl (C=O) groups excluding carboxylic acids is 1. The third-order valence-electron chi connectivity index (χ3n) is 6.04. The molecule has 1 spiro atoms. The maximum atomic E-state index is 12.5. The second kappa shape index (κ2) is 5.69. The molecule has 2 fully saturated rings. The Hall–Kier alpha value is -1.35. The van der Waals surface area contributed by atoms with Gasteiger partial charge in [0.05, 0.1) is 0 Å². The molecule has 3 nitrogen and oxygen atoms in total. The summed E-state index contributed by atoms with van der Waals surface area (Å²) >= 11 is 0. The van der Waals surface area contributed by atoms with Gasteiger partial charge in [-0.1, -0.05) is 24.3 Å². The van der Waals surface area contributed by atoms with Crippen molar-refractivity contribution in [2.75, 3.05) is 19.6 Å². The molecule has 3 atom stereocenters. The fourth-order valence-corrected chi connectivity index (χ4v) is 4.63. The molecular formula is C19H26N2O. The number of hydrogen-bond acceptors (Lipinski definition) is 2. The number of aryl methyl sites for hydroxylation is 1. The van der Waals surface area contributed by atoms with E-state index in [2.05, 4.69) is 34.9 Å². The van der Waals surface area contributed by atoms with Crippen LogP contribution in [-0.4, -0.2) is 25.5 Å². The molecule has 1 amide bonds. The van der Waals surface area contributed by atoms with Crippen molar-refractivity contribution in [1.82, 2.24) is 10.6 Å². The van der Waals surface area contributed by atoms with Gasteiger partial charge in [0.1, 0.15) is 0 Å². The van der Waals surface area contributed by atoms with Crippen LogP contribution in [0.3, 0.4) is 0 Å². The average Bonchev–Trinajstić information content (AvgIpc) is 3.18. The summed E-state index contributed by atoms with van der Waals surface area (Å²) in [5, 5.41) is 6.65. The van der Waals surface area contributed by atoms with Gasteiger partial charge in [-0.25, -0.2) is 0 Å². The van der Waals surface area contributed by atoms with Crippen molar-refractivity contribution >= 4 is 5.91 Å². The van der Waals surface area contributed by atoms with Gasteiger partial charge in [0.15, 0.2) is 0 Å². The van der Waals surface area contributed by atoms with Crippen LogP contribution in [0.1, 0.15) is 43.2 Å². The van der Waals surface area contributed by atoms with Crippen molar-refractivity contribution in [1.29, 1.82) is 0 Å². The lowest BCUT2D eigenvalue weighted by atomic mass is 9.94. The van der Waals surface area contributed by atoms with Gasteiger partial charge in [0, 0.05) is 17.9 Å². The quantitative estimate of drug-likeness (QED) is 0.896. The molecule has 1 aliphatic heterocycles. The second-order valence-electron chi connectivity index (χ2n) is 7.36. The standard InChI is InChI=1S/C19H26N2O/c22-18(21-11-8-14-4-3-10-20-13-14)17-12-19(17)9-7-15-5-1-2-6-16(15)19/h1-2,5-6,14,17,20H,3-4,7-13H2,(H,21,22). The summed E-state index contributed by atoms with van der Waals surface area (Å²) in [6.45, 7) is 3.13. The van der Waals surface area contributed by atoms with Gasteiger partial charge in [-0.05, 0) is 68.7 Å². The van der Waals surface area contributed by atoms with E-state index in [9.17, 15) is 4.79 Å². The number of piperidine rings is 1. The van der Waals surface area contributed by atoms with Crippen LogP contribution in [-0.2, 0) is 16.6 Å². The molecule has 1 saturated heterocycles. The van der Waals surface area contributed by atoms with Crippen molar-refractivity contribution in [2.45, 2.75) is 43.9 Å². The average molecular weight is 298 g/mol. The molecule has 3 unspecified atom stereocenters. The Morgan fingerprint density at radius 3 is 3.14 bits per heavy atom. The predicted molar refractivity (Wildman–Crippen MR) is 87.8 cm³/mol. The van der Waals surface area contributed by atoms with Crippen LogP contribution in [0.25, 0.3) is 0 Å². The van der Waals surface area contributed by atoms with Crippen molar-refractivity contribution in [3.8, 4) is 0 Å². The number of fused-ring (bicyclic) bond motifs is 2. The predicted octanol–water partition coefficient (Wildman–Crippen LogP) is 2.40. The summed E-state index contributed by atoms with van der Waals surface area (Å²) in [4.78, 5) is 12.5. The van der Waals surface area contributed by atoms with Gasteiger partial charge in [-0.2, -0.15) is 0 Å². The molecule has 22 heavy (non-hydrogen) atoms. The Morgan fingerprint density at radius 1 is 1.36 bits per heavy atom. The number of rotatable bonds is 4. The molecule has 4 rings (SSSR count). The number of nitrogens with one attached hydrogen (secondary N) is 2. The van der Waals surface area contributed by atoms with E-state index in [1.807, 2.05) is 0 Å². The van der Waals surface area contributed by atoms with Crippen molar-refractivity contribution in [3.63, 3.8) is 0 Å². The topological polar surface area (TPSA) is 41.1 Å². The van der Waals surface area contributed by atoms with Crippen LogP contribution in [0.2, 0.25) is 0 Å².